The molecule has 1 heterocycles. The van der Waals surface area contributed by atoms with Crippen LogP contribution < -0.4 is 0 Å². The number of halogens is 2. The third kappa shape index (κ3) is 1.20. The Morgan fingerprint density at radius 2 is 2.25 bits per heavy atom. The van der Waals surface area contributed by atoms with Crippen molar-refractivity contribution >= 4 is 55.6 Å². The van der Waals surface area contributed by atoms with Gasteiger partial charge in [-0.05, 0) is 40.1 Å². The Morgan fingerprint density at radius 1 is 1.50 bits per heavy atom. The number of benzene rings is 1. The fraction of sp³-hybridized carbons (Fsp3) is 0. The molecule has 1 aromatic carbocycles. The minimum atomic E-state index is 0.260. The highest BCUT2D eigenvalue weighted by atomic mass is 127. The zero-order chi connectivity index (χ0) is 8.72. The molecular formula is C8H4ClIOS. The first-order valence-electron chi connectivity index (χ1n) is 3.24. The van der Waals surface area contributed by atoms with Gasteiger partial charge in [0.15, 0.2) is 0 Å². The molecule has 0 saturated carbocycles. The first-order valence-corrected chi connectivity index (χ1v) is 5.58. The van der Waals surface area contributed by atoms with Gasteiger partial charge in [0, 0.05) is 10.1 Å². The van der Waals surface area contributed by atoms with Gasteiger partial charge in [-0.15, -0.1) is 11.3 Å². The third-order valence-electron chi connectivity index (χ3n) is 1.62. The molecule has 12 heavy (non-hydrogen) atoms. The van der Waals surface area contributed by atoms with E-state index in [0.717, 1.165) is 13.7 Å². The topological polar surface area (TPSA) is 20.2 Å². The van der Waals surface area contributed by atoms with Gasteiger partial charge in [0.05, 0.1) is 8.59 Å². The van der Waals surface area contributed by atoms with E-state index in [1.807, 2.05) is 34.0 Å². The zero-order valence-electron chi connectivity index (χ0n) is 5.84. The van der Waals surface area contributed by atoms with Crippen LogP contribution in [-0.2, 0) is 0 Å². The molecule has 1 nitrogen and oxygen atoms in total. The Balaban J connectivity index is 2.94. The summed E-state index contributed by atoms with van der Waals surface area (Å²) in [7, 11) is 0. The molecule has 1 N–H and O–H groups in total. The quantitative estimate of drug-likeness (QED) is 0.733. The average molecular weight is 311 g/mol. The number of hydrogen-bond acceptors (Lipinski definition) is 2. The van der Waals surface area contributed by atoms with Gasteiger partial charge in [-0.25, -0.2) is 0 Å². The van der Waals surface area contributed by atoms with E-state index in [2.05, 4.69) is 0 Å². The summed E-state index contributed by atoms with van der Waals surface area (Å²) in [6, 6.07) is 3.71. The molecule has 0 bridgehead atoms. The summed E-state index contributed by atoms with van der Waals surface area (Å²) >= 11 is 9.63. The lowest BCUT2D eigenvalue weighted by Gasteiger charge is -2.00. The number of fused-ring (bicyclic) bond motifs is 1. The van der Waals surface area contributed by atoms with Crippen molar-refractivity contribution in [2.45, 2.75) is 0 Å². The molecular weight excluding hydrogens is 307 g/mol. The van der Waals surface area contributed by atoms with Gasteiger partial charge < -0.3 is 5.11 Å². The highest BCUT2D eigenvalue weighted by molar-refractivity contribution is 14.1. The molecule has 2 rings (SSSR count). The SMILES string of the molecule is Oc1cc2sccc2c(Cl)c1I. The molecule has 62 valence electrons. The maximum absolute atomic E-state index is 9.43. The molecule has 2 aromatic rings. The van der Waals surface area contributed by atoms with E-state index in [1.54, 1.807) is 17.4 Å². The van der Waals surface area contributed by atoms with Crippen LogP contribution in [0.15, 0.2) is 17.5 Å². The summed E-state index contributed by atoms with van der Waals surface area (Å²) in [6.45, 7) is 0. The molecule has 0 aliphatic carbocycles. The van der Waals surface area contributed by atoms with E-state index < -0.39 is 0 Å². The second-order valence-corrected chi connectivity index (χ2v) is 4.76. The number of rotatable bonds is 0. The van der Waals surface area contributed by atoms with E-state index in [0.29, 0.717) is 5.02 Å². The maximum Gasteiger partial charge on any atom is 0.131 e. The van der Waals surface area contributed by atoms with E-state index in [4.69, 9.17) is 11.6 Å². The number of thiophene rings is 1. The molecule has 1 aromatic heterocycles. The molecule has 0 unspecified atom stereocenters. The van der Waals surface area contributed by atoms with Crippen LogP contribution in [0.1, 0.15) is 0 Å². The summed E-state index contributed by atoms with van der Waals surface area (Å²) in [5, 5.41) is 13.1. The van der Waals surface area contributed by atoms with Gasteiger partial charge in [0.2, 0.25) is 0 Å². The molecule has 0 spiro atoms. The average Bonchev–Trinajstić information content (AvgIpc) is 2.48. The van der Waals surface area contributed by atoms with Crippen molar-refractivity contribution < 1.29 is 5.11 Å². The Bertz CT molecular complexity index is 438. The lowest BCUT2D eigenvalue weighted by molar-refractivity contribution is 0.472. The second kappa shape index (κ2) is 3.05. The fourth-order valence-electron chi connectivity index (χ4n) is 1.03. The van der Waals surface area contributed by atoms with Crippen molar-refractivity contribution in [2.24, 2.45) is 0 Å². The van der Waals surface area contributed by atoms with Gasteiger partial charge in [0.1, 0.15) is 5.75 Å². The van der Waals surface area contributed by atoms with Gasteiger partial charge in [-0.3, -0.25) is 0 Å². The molecule has 0 saturated heterocycles. The summed E-state index contributed by atoms with van der Waals surface area (Å²) in [6.07, 6.45) is 0. The highest BCUT2D eigenvalue weighted by Crippen LogP contribution is 2.37. The third-order valence-corrected chi connectivity index (χ3v) is 4.28. The molecule has 0 aliphatic heterocycles. The number of hydrogen-bond donors (Lipinski definition) is 1. The van der Waals surface area contributed by atoms with Crippen LogP contribution >= 0.6 is 45.5 Å². The Hall–Kier alpha value is -0.000000000000000111. The Morgan fingerprint density at radius 3 is 3.00 bits per heavy atom. The second-order valence-electron chi connectivity index (χ2n) is 2.36. The van der Waals surface area contributed by atoms with Crippen LogP contribution in [0.2, 0.25) is 5.02 Å². The molecule has 0 fully saturated rings. The van der Waals surface area contributed by atoms with Gasteiger partial charge in [-0.1, -0.05) is 11.6 Å². The molecule has 0 atom stereocenters. The molecule has 0 radical (unpaired) electrons. The summed E-state index contributed by atoms with van der Waals surface area (Å²) in [5.74, 6) is 0.260. The van der Waals surface area contributed by atoms with Crippen molar-refractivity contribution in [3.05, 3.63) is 26.1 Å². The van der Waals surface area contributed by atoms with E-state index in [1.165, 1.54) is 0 Å². The predicted molar refractivity (Wildman–Crippen MR) is 61.2 cm³/mol. The summed E-state index contributed by atoms with van der Waals surface area (Å²) < 4.78 is 1.75. The van der Waals surface area contributed by atoms with E-state index in [9.17, 15) is 5.11 Å². The van der Waals surface area contributed by atoms with Gasteiger partial charge >= 0.3 is 0 Å². The summed E-state index contributed by atoms with van der Waals surface area (Å²) in [5.41, 5.74) is 0. The maximum atomic E-state index is 9.43. The standard InChI is InChI=1S/C8H4ClIOS/c9-7-4-1-2-12-6(4)3-5(11)8(7)10/h1-3,11H. The Kier molecular flexibility index (Phi) is 2.18. The van der Waals surface area contributed by atoms with Crippen molar-refractivity contribution in [3.8, 4) is 5.75 Å². The minimum absolute atomic E-state index is 0.260. The van der Waals surface area contributed by atoms with Crippen molar-refractivity contribution in [1.82, 2.24) is 0 Å². The minimum Gasteiger partial charge on any atom is -0.507 e. The lowest BCUT2D eigenvalue weighted by atomic mass is 10.2. The molecule has 0 amide bonds. The fourth-order valence-corrected chi connectivity index (χ4v) is 2.62. The normalized spacial score (nSPS) is 10.8. The number of phenolic OH excluding ortho intramolecular Hbond substituents is 1. The van der Waals surface area contributed by atoms with Gasteiger partial charge in [-0.2, -0.15) is 0 Å². The Labute approximate surface area is 92.1 Å². The van der Waals surface area contributed by atoms with Crippen LogP contribution in [0.4, 0.5) is 0 Å². The van der Waals surface area contributed by atoms with Crippen LogP contribution in [-0.4, -0.2) is 5.11 Å². The summed E-state index contributed by atoms with van der Waals surface area (Å²) in [4.78, 5) is 0. The van der Waals surface area contributed by atoms with Crippen molar-refractivity contribution in [3.63, 3.8) is 0 Å². The first kappa shape index (κ1) is 8.59. The van der Waals surface area contributed by atoms with Crippen LogP contribution in [0, 0.1) is 3.57 Å². The molecule has 4 heteroatoms. The van der Waals surface area contributed by atoms with E-state index >= 15 is 0 Å². The van der Waals surface area contributed by atoms with Crippen molar-refractivity contribution in [2.75, 3.05) is 0 Å². The zero-order valence-corrected chi connectivity index (χ0v) is 9.57. The van der Waals surface area contributed by atoms with E-state index in [-0.39, 0.29) is 5.75 Å². The monoisotopic (exact) mass is 310 g/mol. The smallest absolute Gasteiger partial charge is 0.131 e. The van der Waals surface area contributed by atoms with Crippen molar-refractivity contribution in [1.29, 1.82) is 0 Å². The van der Waals surface area contributed by atoms with Gasteiger partial charge in [0.25, 0.3) is 0 Å². The van der Waals surface area contributed by atoms with Crippen LogP contribution in [0.3, 0.4) is 0 Å². The lowest BCUT2D eigenvalue weighted by Crippen LogP contribution is -1.76. The van der Waals surface area contributed by atoms with Crippen LogP contribution in [0.5, 0.6) is 5.75 Å². The number of aromatic hydroxyl groups is 1. The highest BCUT2D eigenvalue weighted by Gasteiger charge is 2.08. The van der Waals surface area contributed by atoms with Crippen LogP contribution in [0.25, 0.3) is 10.1 Å². The molecule has 0 aliphatic rings. The largest absolute Gasteiger partial charge is 0.507 e. The number of phenols is 1. The first-order chi connectivity index (χ1) is 5.70. The predicted octanol–water partition coefficient (Wildman–Crippen LogP) is 3.86.